The van der Waals surface area contributed by atoms with E-state index in [4.69, 9.17) is 0 Å². The third kappa shape index (κ3) is 4.48. The summed E-state index contributed by atoms with van der Waals surface area (Å²) in [6.07, 6.45) is -2.84. The van der Waals surface area contributed by atoms with E-state index in [1.54, 1.807) is 12.3 Å². The summed E-state index contributed by atoms with van der Waals surface area (Å²) in [6.45, 7) is 0.115. The molecule has 3 aromatic rings. The number of halogens is 4. The maximum Gasteiger partial charge on any atom is 0.419 e. The molecule has 0 bridgehead atoms. The quantitative estimate of drug-likeness (QED) is 0.654. The molecule has 0 spiro atoms. The molecule has 4 nitrogen and oxygen atoms in total. The van der Waals surface area contributed by atoms with E-state index in [0.717, 1.165) is 22.8 Å². The lowest BCUT2D eigenvalue weighted by Crippen LogP contribution is -2.27. The summed E-state index contributed by atoms with van der Waals surface area (Å²) >= 11 is 1.38. The number of carbonyl (C=O) groups is 1. The van der Waals surface area contributed by atoms with Gasteiger partial charge in [-0.2, -0.15) is 13.2 Å². The second-order valence-corrected chi connectivity index (χ2v) is 6.45. The average molecular weight is 395 g/mol. The highest BCUT2D eigenvalue weighted by molar-refractivity contribution is 7.09. The van der Waals surface area contributed by atoms with Crippen molar-refractivity contribution in [1.82, 2.24) is 15.3 Å². The van der Waals surface area contributed by atoms with Gasteiger partial charge in [0.2, 0.25) is 0 Å². The number of aromatic nitrogens is 2. The van der Waals surface area contributed by atoms with E-state index in [0.29, 0.717) is 18.2 Å². The van der Waals surface area contributed by atoms with Crippen LogP contribution in [0.3, 0.4) is 0 Å². The van der Waals surface area contributed by atoms with Gasteiger partial charge in [-0.1, -0.05) is 12.1 Å². The molecule has 2 heterocycles. The lowest BCUT2D eigenvalue weighted by Gasteiger charge is -2.11. The van der Waals surface area contributed by atoms with E-state index >= 15 is 0 Å². The van der Waals surface area contributed by atoms with Crippen LogP contribution < -0.4 is 5.32 Å². The predicted octanol–water partition coefficient (Wildman–Crippen LogP) is 4.34. The summed E-state index contributed by atoms with van der Waals surface area (Å²) in [5, 5.41) is 4.97. The number of hydrogen-bond acceptors (Lipinski definition) is 4. The molecule has 1 amide bonds. The maximum absolute atomic E-state index is 14.0. The molecule has 0 saturated carbocycles. The van der Waals surface area contributed by atoms with E-state index < -0.39 is 29.0 Å². The van der Waals surface area contributed by atoms with Gasteiger partial charge in [0, 0.05) is 24.5 Å². The molecule has 0 aliphatic rings. The van der Waals surface area contributed by atoms with Crippen molar-refractivity contribution < 1.29 is 22.4 Å². The van der Waals surface area contributed by atoms with Crippen LogP contribution in [0.2, 0.25) is 0 Å². The van der Waals surface area contributed by atoms with Crippen LogP contribution in [0.5, 0.6) is 0 Å². The summed E-state index contributed by atoms with van der Waals surface area (Å²) in [7, 11) is 0. The summed E-state index contributed by atoms with van der Waals surface area (Å²) in [4.78, 5) is 20.6. The Bertz CT molecular complexity index is 941. The van der Waals surface area contributed by atoms with Crippen molar-refractivity contribution >= 4 is 17.2 Å². The molecular formula is C18H13F4N3OS. The van der Waals surface area contributed by atoms with E-state index in [1.165, 1.54) is 11.3 Å². The zero-order chi connectivity index (χ0) is 19.4. The van der Waals surface area contributed by atoms with Crippen molar-refractivity contribution in [2.24, 2.45) is 0 Å². The van der Waals surface area contributed by atoms with Crippen LogP contribution in [0.1, 0.15) is 20.9 Å². The van der Waals surface area contributed by atoms with E-state index in [9.17, 15) is 22.4 Å². The Balaban J connectivity index is 1.62. The standard InChI is InChI=1S/C18H13F4N3OS/c19-16-11(4-3-5-12(16)18(20,21)22)17(26)24-9-7-15-25-14(10-27-15)13-6-1-2-8-23-13/h1-6,8,10H,7,9H2,(H,24,26). The normalized spacial score (nSPS) is 11.4. The number of rotatable bonds is 5. The van der Waals surface area contributed by atoms with Gasteiger partial charge >= 0.3 is 6.18 Å². The van der Waals surface area contributed by atoms with Gasteiger partial charge in [0.05, 0.1) is 27.5 Å². The van der Waals surface area contributed by atoms with Gasteiger partial charge in [0.15, 0.2) is 0 Å². The molecular weight excluding hydrogens is 382 g/mol. The molecule has 2 aromatic heterocycles. The van der Waals surface area contributed by atoms with E-state index in [-0.39, 0.29) is 6.54 Å². The summed E-state index contributed by atoms with van der Waals surface area (Å²) in [5.74, 6) is -2.48. The van der Waals surface area contributed by atoms with E-state index in [1.807, 2.05) is 17.5 Å². The van der Waals surface area contributed by atoms with Crippen molar-refractivity contribution in [2.45, 2.75) is 12.6 Å². The number of benzene rings is 1. The fourth-order valence-corrected chi connectivity index (χ4v) is 3.15. The van der Waals surface area contributed by atoms with Crippen molar-refractivity contribution in [1.29, 1.82) is 0 Å². The van der Waals surface area contributed by atoms with Crippen LogP contribution in [-0.4, -0.2) is 22.4 Å². The monoisotopic (exact) mass is 395 g/mol. The predicted molar refractivity (Wildman–Crippen MR) is 92.8 cm³/mol. The third-order valence-corrected chi connectivity index (χ3v) is 4.56. The smallest absolute Gasteiger partial charge is 0.352 e. The topological polar surface area (TPSA) is 54.9 Å². The van der Waals surface area contributed by atoms with Gasteiger partial charge in [0.25, 0.3) is 5.91 Å². The van der Waals surface area contributed by atoms with Gasteiger partial charge in [-0.25, -0.2) is 9.37 Å². The number of hydrogen-bond donors (Lipinski definition) is 1. The molecule has 0 aliphatic carbocycles. The number of nitrogens with one attached hydrogen (secondary N) is 1. The molecule has 0 fully saturated rings. The zero-order valence-corrected chi connectivity index (χ0v) is 14.6. The molecule has 0 saturated heterocycles. The van der Waals surface area contributed by atoms with Gasteiger partial charge < -0.3 is 5.32 Å². The minimum absolute atomic E-state index is 0.115. The van der Waals surface area contributed by atoms with Gasteiger partial charge in [0.1, 0.15) is 5.82 Å². The largest absolute Gasteiger partial charge is 0.419 e. The maximum atomic E-state index is 14.0. The highest BCUT2D eigenvalue weighted by Gasteiger charge is 2.35. The van der Waals surface area contributed by atoms with Gasteiger partial charge in [-0.15, -0.1) is 11.3 Å². The van der Waals surface area contributed by atoms with Crippen molar-refractivity contribution in [2.75, 3.05) is 6.54 Å². The Morgan fingerprint density at radius 1 is 1.11 bits per heavy atom. The fraction of sp³-hybridized carbons (Fsp3) is 0.167. The Labute approximate surface area is 155 Å². The molecule has 0 unspecified atom stereocenters. The molecule has 140 valence electrons. The first kappa shape index (κ1) is 19.0. The first-order chi connectivity index (χ1) is 12.9. The lowest BCUT2D eigenvalue weighted by atomic mass is 10.1. The van der Waals surface area contributed by atoms with Gasteiger partial charge in [-0.05, 0) is 24.3 Å². The highest BCUT2D eigenvalue weighted by atomic mass is 32.1. The number of alkyl halides is 3. The van der Waals surface area contributed by atoms with Crippen molar-refractivity contribution in [3.63, 3.8) is 0 Å². The molecule has 0 aliphatic heterocycles. The number of thiazole rings is 1. The summed E-state index contributed by atoms with van der Waals surface area (Å²) in [5.41, 5.74) is -0.686. The first-order valence-electron chi connectivity index (χ1n) is 7.86. The Kier molecular flexibility index (Phi) is 5.50. The molecule has 1 N–H and O–H groups in total. The van der Waals surface area contributed by atoms with Gasteiger partial charge in [-0.3, -0.25) is 9.78 Å². The summed E-state index contributed by atoms with van der Waals surface area (Å²) < 4.78 is 52.1. The molecule has 3 rings (SSSR count). The molecule has 0 radical (unpaired) electrons. The number of carbonyl (C=O) groups excluding carboxylic acids is 1. The fourth-order valence-electron chi connectivity index (χ4n) is 2.36. The van der Waals surface area contributed by atoms with Crippen molar-refractivity contribution in [3.8, 4) is 11.4 Å². The van der Waals surface area contributed by atoms with Crippen LogP contribution in [0.25, 0.3) is 11.4 Å². The number of amides is 1. The minimum atomic E-state index is -4.86. The molecule has 0 atom stereocenters. The molecule has 9 heteroatoms. The lowest BCUT2D eigenvalue weighted by molar-refractivity contribution is -0.140. The Hall–Kier alpha value is -2.81. The number of nitrogens with zero attached hydrogens (tertiary/aromatic N) is 2. The third-order valence-electron chi connectivity index (χ3n) is 3.65. The number of pyridine rings is 1. The van der Waals surface area contributed by atoms with E-state index in [2.05, 4.69) is 15.3 Å². The molecule has 27 heavy (non-hydrogen) atoms. The van der Waals surface area contributed by atoms with Crippen LogP contribution in [-0.2, 0) is 12.6 Å². The SMILES string of the molecule is O=C(NCCc1nc(-c2ccccn2)cs1)c1cccc(C(F)(F)F)c1F. The Morgan fingerprint density at radius 3 is 2.63 bits per heavy atom. The van der Waals surface area contributed by atoms with Crippen LogP contribution >= 0.6 is 11.3 Å². The first-order valence-corrected chi connectivity index (χ1v) is 8.74. The van der Waals surface area contributed by atoms with Crippen LogP contribution in [0, 0.1) is 5.82 Å². The highest BCUT2D eigenvalue weighted by Crippen LogP contribution is 2.32. The van der Waals surface area contributed by atoms with Crippen LogP contribution in [0.4, 0.5) is 17.6 Å². The summed E-state index contributed by atoms with van der Waals surface area (Å²) in [6, 6.07) is 8.06. The average Bonchev–Trinajstić information content (AvgIpc) is 3.10. The second-order valence-electron chi connectivity index (χ2n) is 5.51. The van der Waals surface area contributed by atoms with Crippen LogP contribution in [0.15, 0.2) is 48.0 Å². The zero-order valence-electron chi connectivity index (χ0n) is 13.8. The minimum Gasteiger partial charge on any atom is -0.352 e. The second kappa shape index (κ2) is 7.83. The Morgan fingerprint density at radius 2 is 1.93 bits per heavy atom. The molecule has 1 aromatic carbocycles. The van der Waals surface area contributed by atoms with Crippen molar-refractivity contribution in [3.05, 3.63) is 69.9 Å².